The van der Waals surface area contributed by atoms with Crippen molar-refractivity contribution in [2.75, 3.05) is 37.7 Å². The number of carbonyl (C=O) groups is 2. The SMILES string of the molecule is C#Cc1cnc2c(c1)[C@@]1(F)CCN(C[C@@H]1C)C(=O)CCCCOCCc1nc(c3oc4ccccc4c3n1)N1C[C@H](C[C@H]1C(=O)O)O2. The first-order valence-corrected chi connectivity index (χ1v) is 16.1. The van der Waals surface area contributed by atoms with Crippen LogP contribution < -0.4 is 9.64 Å². The number of hydrogen-bond donors (Lipinski definition) is 1. The summed E-state index contributed by atoms with van der Waals surface area (Å²) in [4.78, 5) is 43.2. The largest absolute Gasteiger partial charge is 0.480 e. The molecule has 8 rings (SSSR count). The zero-order chi connectivity index (χ0) is 32.7. The van der Waals surface area contributed by atoms with E-state index in [0.717, 1.165) is 5.39 Å². The number of carboxylic acids is 1. The quantitative estimate of drug-likeness (QED) is 0.293. The molecule has 0 unspecified atom stereocenters. The van der Waals surface area contributed by atoms with Crippen LogP contribution in [-0.2, 0) is 26.4 Å². The molecule has 0 radical (unpaired) electrons. The van der Waals surface area contributed by atoms with E-state index >= 15 is 4.39 Å². The third-order valence-corrected chi connectivity index (χ3v) is 9.58. The molecule has 3 aromatic heterocycles. The minimum Gasteiger partial charge on any atom is -0.480 e. The lowest BCUT2D eigenvalue weighted by atomic mass is 9.78. The molecule has 2 saturated heterocycles. The number of halogens is 1. The van der Waals surface area contributed by atoms with E-state index in [1.807, 2.05) is 24.3 Å². The maximum atomic E-state index is 17.1. The number of alkyl halides is 1. The molecule has 4 aliphatic rings. The molecule has 1 aromatic carbocycles. The van der Waals surface area contributed by atoms with Gasteiger partial charge in [0.1, 0.15) is 34.7 Å². The molecule has 0 saturated carbocycles. The van der Waals surface area contributed by atoms with Gasteiger partial charge in [-0.25, -0.2) is 24.1 Å². The Morgan fingerprint density at radius 3 is 2.83 bits per heavy atom. The molecule has 47 heavy (non-hydrogen) atoms. The summed E-state index contributed by atoms with van der Waals surface area (Å²) in [5.41, 5.74) is 0.317. The van der Waals surface area contributed by atoms with Crippen LogP contribution >= 0.6 is 0 Å². The van der Waals surface area contributed by atoms with Crippen LogP contribution in [0.5, 0.6) is 5.88 Å². The zero-order valence-electron chi connectivity index (χ0n) is 26.2. The number of terminal acetylenes is 1. The number of benzene rings is 1. The number of aromatic nitrogens is 3. The standard InChI is InChI=1S/C35H36FN5O6/c1-3-22-16-25-33(37-18-22)46-23-17-26(34(43)44)41(20-23)32-31-30(24-8-4-5-9-27(24)47-31)38-28(39-32)11-15-45-14-7-6-10-29(42)40-13-12-35(25,36)21(2)19-40/h1,4-5,8-9,16,18,21,23,26H,6-7,10-15,17,19-20H2,2H3,(H,43,44)/t21-,23-,26-,35+/m0/s1. The second-order valence-corrected chi connectivity index (χ2v) is 12.6. The smallest absolute Gasteiger partial charge is 0.326 e. The molecule has 7 heterocycles. The third kappa shape index (κ3) is 5.73. The molecule has 11 nitrogen and oxygen atoms in total. The molecule has 12 heteroatoms. The fourth-order valence-electron chi connectivity index (χ4n) is 7.00. The third-order valence-electron chi connectivity index (χ3n) is 9.58. The van der Waals surface area contributed by atoms with Gasteiger partial charge >= 0.3 is 5.97 Å². The Morgan fingerprint density at radius 2 is 2.02 bits per heavy atom. The number of hydrogen-bond acceptors (Lipinski definition) is 9. The van der Waals surface area contributed by atoms with Crippen LogP contribution in [0.2, 0.25) is 0 Å². The first kappa shape index (κ1) is 30.9. The molecule has 1 N–H and O–H groups in total. The van der Waals surface area contributed by atoms with Gasteiger partial charge in [0.15, 0.2) is 11.4 Å². The van der Waals surface area contributed by atoms with Crippen molar-refractivity contribution < 1.29 is 33.0 Å². The number of aliphatic carboxylic acids is 1. The molecular weight excluding hydrogens is 605 g/mol. The van der Waals surface area contributed by atoms with Crippen molar-refractivity contribution in [3.8, 4) is 18.2 Å². The fraction of sp³-hybridized carbons (Fsp3) is 0.457. The van der Waals surface area contributed by atoms with Gasteiger partial charge in [-0.15, -0.1) is 6.42 Å². The number of furan rings is 1. The number of carboxylic acid groups (broad SMARTS) is 1. The summed E-state index contributed by atoms with van der Waals surface area (Å²) in [6.07, 6.45) is 8.71. The van der Waals surface area contributed by atoms with Crippen molar-refractivity contribution in [2.24, 2.45) is 5.92 Å². The molecule has 2 fully saturated rings. The number of anilines is 1. The number of pyridine rings is 1. The molecule has 4 aliphatic heterocycles. The summed E-state index contributed by atoms with van der Waals surface area (Å²) < 4.78 is 35.6. The number of rotatable bonds is 1. The number of carbonyl (C=O) groups excluding carboxylic acids is 1. The normalized spacial score (nSPS) is 25.6. The topological polar surface area (TPSA) is 131 Å². The molecule has 244 valence electrons. The number of ether oxygens (including phenoxy) is 2. The van der Waals surface area contributed by atoms with Gasteiger partial charge < -0.3 is 28.8 Å². The number of fused-ring (bicyclic) bond motifs is 12. The van der Waals surface area contributed by atoms with E-state index in [0.29, 0.717) is 72.8 Å². The van der Waals surface area contributed by atoms with Crippen LogP contribution in [0, 0.1) is 18.3 Å². The molecule has 4 aromatic rings. The molecule has 6 bridgehead atoms. The summed E-state index contributed by atoms with van der Waals surface area (Å²) >= 11 is 0. The summed E-state index contributed by atoms with van der Waals surface area (Å²) in [6, 6.07) is 8.07. The summed E-state index contributed by atoms with van der Waals surface area (Å²) in [5, 5.41) is 11.2. The summed E-state index contributed by atoms with van der Waals surface area (Å²) in [6.45, 7) is 3.21. The van der Waals surface area contributed by atoms with E-state index in [-0.39, 0.29) is 49.8 Å². The Labute approximate surface area is 271 Å². The minimum absolute atomic E-state index is 0.0101. The number of nitrogens with zero attached hydrogens (tertiary/aromatic N) is 5. The molecular formula is C35H36FN5O6. The number of amides is 1. The van der Waals surface area contributed by atoms with E-state index < -0.39 is 29.7 Å². The monoisotopic (exact) mass is 641 g/mol. The van der Waals surface area contributed by atoms with Crippen LogP contribution in [0.4, 0.5) is 10.2 Å². The van der Waals surface area contributed by atoms with Gasteiger partial charge in [-0.05, 0) is 31.0 Å². The fourth-order valence-corrected chi connectivity index (χ4v) is 7.00. The zero-order valence-corrected chi connectivity index (χ0v) is 26.2. The van der Waals surface area contributed by atoms with Crippen LogP contribution in [0.15, 0.2) is 40.9 Å². The highest BCUT2D eigenvalue weighted by Gasteiger charge is 2.47. The Hall–Kier alpha value is -4.76. The minimum atomic E-state index is -1.87. The van der Waals surface area contributed by atoms with Gasteiger partial charge in [0.2, 0.25) is 11.8 Å². The Kier molecular flexibility index (Phi) is 8.18. The Bertz CT molecular complexity index is 1890. The van der Waals surface area contributed by atoms with Crippen LogP contribution in [0.1, 0.15) is 56.0 Å². The van der Waals surface area contributed by atoms with E-state index in [1.165, 1.54) is 6.20 Å². The van der Waals surface area contributed by atoms with E-state index in [9.17, 15) is 14.7 Å². The van der Waals surface area contributed by atoms with Crippen molar-refractivity contribution in [1.29, 1.82) is 0 Å². The Morgan fingerprint density at radius 1 is 1.17 bits per heavy atom. The van der Waals surface area contributed by atoms with Crippen molar-refractivity contribution in [2.45, 2.75) is 63.3 Å². The van der Waals surface area contributed by atoms with Crippen molar-refractivity contribution >= 4 is 39.8 Å². The van der Waals surface area contributed by atoms with E-state index in [1.54, 1.807) is 22.8 Å². The Balaban J connectivity index is 1.31. The van der Waals surface area contributed by atoms with Gasteiger partial charge in [0, 0.05) is 68.4 Å². The van der Waals surface area contributed by atoms with Crippen molar-refractivity contribution in [3.63, 3.8) is 0 Å². The van der Waals surface area contributed by atoms with Crippen LogP contribution in [0.3, 0.4) is 0 Å². The first-order valence-electron chi connectivity index (χ1n) is 16.1. The average Bonchev–Trinajstić information content (AvgIpc) is 3.67. The van der Waals surface area contributed by atoms with Crippen LogP contribution in [0.25, 0.3) is 22.1 Å². The summed E-state index contributed by atoms with van der Waals surface area (Å²) in [5.74, 6) is 1.81. The summed E-state index contributed by atoms with van der Waals surface area (Å²) in [7, 11) is 0. The highest BCUT2D eigenvalue weighted by atomic mass is 19.1. The second-order valence-electron chi connectivity index (χ2n) is 12.6. The molecule has 0 spiro atoms. The molecule has 1 amide bonds. The van der Waals surface area contributed by atoms with Gasteiger partial charge in [0.05, 0.1) is 18.7 Å². The number of piperidine rings is 1. The lowest BCUT2D eigenvalue weighted by Gasteiger charge is -2.42. The van der Waals surface area contributed by atoms with Gasteiger partial charge in [0.25, 0.3) is 0 Å². The van der Waals surface area contributed by atoms with Crippen LogP contribution in [-0.4, -0.2) is 81.8 Å². The number of para-hydroxylation sites is 1. The lowest BCUT2D eigenvalue weighted by molar-refractivity contribution is -0.138. The van der Waals surface area contributed by atoms with Gasteiger partial charge in [-0.3, -0.25) is 4.79 Å². The molecule has 0 aliphatic carbocycles. The van der Waals surface area contributed by atoms with Gasteiger partial charge in [-0.1, -0.05) is 25.0 Å². The van der Waals surface area contributed by atoms with E-state index in [4.69, 9.17) is 30.3 Å². The maximum Gasteiger partial charge on any atom is 0.326 e. The van der Waals surface area contributed by atoms with E-state index in [2.05, 4.69) is 10.9 Å². The second kappa shape index (κ2) is 12.4. The highest BCUT2D eigenvalue weighted by Crippen LogP contribution is 2.45. The first-order chi connectivity index (χ1) is 22.7. The average molecular weight is 642 g/mol. The predicted octanol–water partition coefficient (Wildman–Crippen LogP) is 4.64. The van der Waals surface area contributed by atoms with Crippen molar-refractivity contribution in [3.05, 3.63) is 53.5 Å². The van der Waals surface area contributed by atoms with Crippen molar-refractivity contribution in [1.82, 2.24) is 19.9 Å². The highest BCUT2D eigenvalue weighted by molar-refractivity contribution is 6.06. The maximum absolute atomic E-state index is 17.1. The molecule has 4 atom stereocenters. The lowest BCUT2D eigenvalue weighted by Crippen LogP contribution is -2.49. The predicted molar refractivity (Wildman–Crippen MR) is 171 cm³/mol. The van der Waals surface area contributed by atoms with Gasteiger partial charge in [-0.2, -0.15) is 0 Å².